The van der Waals surface area contributed by atoms with Crippen LogP contribution in [0.2, 0.25) is 0 Å². The van der Waals surface area contributed by atoms with Gasteiger partial charge in [0.05, 0.1) is 11.5 Å². The van der Waals surface area contributed by atoms with Crippen LogP contribution < -0.4 is 10.1 Å². The molecule has 1 saturated carbocycles. The summed E-state index contributed by atoms with van der Waals surface area (Å²) < 4.78 is 10.9. The highest BCUT2D eigenvalue weighted by atomic mass is 16.6. The Labute approximate surface area is 124 Å². The van der Waals surface area contributed by atoms with Gasteiger partial charge >= 0.3 is 5.69 Å². The van der Waals surface area contributed by atoms with Gasteiger partial charge in [-0.05, 0) is 38.2 Å². The lowest BCUT2D eigenvalue weighted by atomic mass is 10.2. The normalized spacial score (nSPS) is 14.0. The molecular weight excluding hydrogens is 272 g/mol. The zero-order chi connectivity index (χ0) is 15.1. The molecule has 1 aliphatic rings. The zero-order valence-corrected chi connectivity index (χ0v) is 12.3. The van der Waals surface area contributed by atoms with E-state index in [0.717, 1.165) is 37.8 Å². The van der Waals surface area contributed by atoms with Gasteiger partial charge in [0.25, 0.3) is 0 Å². The largest absolute Gasteiger partial charge is 0.487 e. The molecule has 6 heteroatoms. The first kappa shape index (κ1) is 15.6. The van der Waals surface area contributed by atoms with E-state index < -0.39 is 4.92 Å². The molecule has 0 aliphatic heterocycles. The second-order valence-electron chi connectivity index (χ2n) is 5.17. The van der Waals surface area contributed by atoms with Crippen LogP contribution >= 0.6 is 0 Å². The molecule has 0 saturated heterocycles. The van der Waals surface area contributed by atoms with Crippen LogP contribution in [0.15, 0.2) is 18.2 Å². The van der Waals surface area contributed by atoms with Crippen molar-refractivity contribution >= 4 is 11.4 Å². The Morgan fingerprint density at radius 3 is 2.90 bits per heavy atom. The molecule has 1 aromatic rings. The number of benzene rings is 1. The molecule has 0 bridgehead atoms. The summed E-state index contributed by atoms with van der Waals surface area (Å²) in [5.74, 6) is 1.10. The Morgan fingerprint density at radius 1 is 1.43 bits per heavy atom. The van der Waals surface area contributed by atoms with Crippen molar-refractivity contribution < 1.29 is 14.4 Å². The van der Waals surface area contributed by atoms with Gasteiger partial charge in [-0.3, -0.25) is 10.1 Å². The topological polar surface area (TPSA) is 73.6 Å². The van der Waals surface area contributed by atoms with Gasteiger partial charge in [0.15, 0.2) is 5.75 Å². The standard InChI is InChI=1S/C15H22N2O4/c1-2-21-15-10-13(6-7-14(15)17(18)19)16-8-3-9-20-11-12-4-5-12/h6-7,10,12,16H,2-5,8-9,11H2,1H3. The second kappa shape index (κ2) is 7.83. The fourth-order valence-corrected chi connectivity index (χ4v) is 1.99. The molecule has 21 heavy (non-hydrogen) atoms. The summed E-state index contributed by atoms with van der Waals surface area (Å²) in [5, 5.41) is 14.1. The summed E-state index contributed by atoms with van der Waals surface area (Å²) in [6.45, 7) is 4.61. The average Bonchev–Trinajstić information content (AvgIpc) is 3.27. The van der Waals surface area contributed by atoms with Crippen LogP contribution in [0, 0.1) is 16.0 Å². The van der Waals surface area contributed by atoms with Crippen molar-refractivity contribution in [1.82, 2.24) is 0 Å². The van der Waals surface area contributed by atoms with Gasteiger partial charge in [-0.1, -0.05) is 0 Å². The first-order chi connectivity index (χ1) is 10.2. The van der Waals surface area contributed by atoms with E-state index in [2.05, 4.69) is 5.32 Å². The lowest BCUT2D eigenvalue weighted by Crippen LogP contribution is -2.07. The highest BCUT2D eigenvalue weighted by Gasteiger charge is 2.20. The first-order valence-electron chi connectivity index (χ1n) is 7.43. The molecule has 2 rings (SSSR count). The Morgan fingerprint density at radius 2 is 2.24 bits per heavy atom. The van der Waals surface area contributed by atoms with Crippen LogP contribution in [0.3, 0.4) is 0 Å². The van der Waals surface area contributed by atoms with Gasteiger partial charge in [-0.25, -0.2) is 0 Å². The number of rotatable bonds is 10. The Balaban J connectivity index is 1.76. The number of ether oxygens (including phenoxy) is 2. The third-order valence-corrected chi connectivity index (χ3v) is 3.30. The number of anilines is 1. The van der Waals surface area contributed by atoms with E-state index in [-0.39, 0.29) is 5.69 Å². The number of nitrogens with zero attached hydrogens (tertiary/aromatic N) is 1. The maximum absolute atomic E-state index is 10.9. The van der Waals surface area contributed by atoms with E-state index in [9.17, 15) is 10.1 Å². The van der Waals surface area contributed by atoms with Crippen LogP contribution in [0.25, 0.3) is 0 Å². The molecule has 0 heterocycles. The second-order valence-corrected chi connectivity index (χ2v) is 5.17. The molecule has 6 nitrogen and oxygen atoms in total. The predicted octanol–water partition coefficient (Wildman–Crippen LogP) is 3.22. The maximum atomic E-state index is 10.9. The molecule has 0 aromatic heterocycles. The zero-order valence-electron chi connectivity index (χ0n) is 12.3. The van der Waals surface area contributed by atoms with Crippen LogP contribution in [-0.4, -0.2) is 31.3 Å². The molecule has 0 unspecified atom stereocenters. The fraction of sp³-hybridized carbons (Fsp3) is 0.600. The third kappa shape index (κ3) is 5.23. The summed E-state index contributed by atoms with van der Waals surface area (Å²) in [4.78, 5) is 10.5. The monoisotopic (exact) mass is 294 g/mol. The van der Waals surface area contributed by atoms with Gasteiger partial charge in [0.1, 0.15) is 0 Å². The van der Waals surface area contributed by atoms with E-state index in [1.807, 2.05) is 0 Å². The molecule has 0 atom stereocenters. The number of nitro benzene ring substituents is 1. The van der Waals surface area contributed by atoms with E-state index in [4.69, 9.17) is 9.47 Å². The van der Waals surface area contributed by atoms with Crippen LogP contribution in [0.5, 0.6) is 5.75 Å². The summed E-state index contributed by atoms with van der Waals surface area (Å²) in [6, 6.07) is 4.84. The van der Waals surface area contributed by atoms with E-state index in [1.165, 1.54) is 18.9 Å². The lowest BCUT2D eigenvalue weighted by molar-refractivity contribution is -0.385. The van der Waals surface area contributed by atoms with Crippen molar-refractivity contribution in [3.05, 3.63) is 28.3 Å². The van der Waals surface area contributed by atoms with E-state index >= 15 is 0 Å². The lowest BCUT2D eigenvalue weighted by Gasteiger charge is -2.09. The molecule has 1 aromatic carbocycles. The molecule has 1 N–H and O–H groups in total. The smallest absolute Gasteiger partial charge is 0.311 e. The van der Waals surface area contributed by atoms with Gasteiger partial charge in [-0.2, -0.15) is 0 Å². The van der Waals surface area contributed by atoms with Crippen LogP contribution in [0.1, 0.15) is 26.2 Å². The maximum Gasteiger partial charge on any atom is 0.311 e. The summed E-state index contributed by atoms with van der Waals surface area (Å²) in [7, 11) is 0. The summed E-state index contributed by atoms with van der Waals surface area (Å²) in [5.41, 5.74) is 0.821. The van der Waals surface area contributed by atoms with Crippen molar-refractivity contribution in [2.75, 3.05) is 31.7 Å². The van der Waals surface area contributed by atoms with Gasteiger partial charge < -0.3 is 14.8 Å². The van der Waals surface area contributed by atoms with E-state index in [0.29, 0.717) is 12.4 Å². The number of nitrogens with one attached hydrogen (secondary N) is 1. The molecule has 1 aliphatic carbocycles. The Hall–Kier alpha value is -1.82. The van der Waals surface area contributed by atoms with Crippen LogP contribution in [-0.2, 0) is 4.74 Å². The predicted molar refractivity (Wildman–Crippen MR) is 80.9 cm³/mol. The molecule has 0 spiro atoms. The highest BCUT2D eigenvalue weighted by Crippen LogP contribution is 2.30. The van der Waals surface area contributed by atoms with E-state index in [1.54, 1.807) is 19.1 Å². The van der Waals surface area contributed by atoms with Crippen molar-refractivity contribution in [2.24, 2.45) is 5.92 Å². The number of nitro groups is 1. The summed E-state index contributed by atoms with van der Waals surface area (Å²) >= 11 is 0. The SMILES string of the molecule is CCOc1cc(NCCCOCC2CC2)ccc1[N+](=O)[O-]. The van der Waals surface area contributed by atoms with Gasteiger partial charge in [0, 0.05) is 37.6 Å². The summed E-state index contributed by atoms with van der Waals surface area (Å²) in [6.07, 6.45) is 3.52. The molecule has 0 radical (unpaired) electrons. The Kier molecular flexibility index (Phi) is 5.80. The Bertz CT molecular complexity index is 475. The number of hydrogen-bond acceptors (Lipinski definition) is 5. The van der Waals surface area contributed by atoms with Crippen molar-refractivity contribution in [2.45, 2.75) is 26.2 Å². The molecule has 0 amide bonds. The first-order valence-corrected chi connectivity index (χ1v) is 7.43. The molecular formula is C15H22N2O4. The minimum atomic E-state index is -0.430. The van der Waals surface area contributed by atoms with Gasteiger partial charge in [0.2, 0.25) is 0 Å². The fourth-order valence-electron chi connectivity index (χ4n) is 1.99. The quantitative estimate of drug-likeness (QED) is 0.407. The average molecular weight is 294 g/mol. The third-order valence-electron chi connectivity index (χ3n) is 3.30. The minimum Gasteiger partial charge on any atom is -0.487 e. The van der Waals surface area contributed by atoms with Gasteiger partial charge in [-0.15, -0.1) is 0 Å². The van der Waals surface area contributed by atoms with Crippen molar-refractivity contribution in [3.8, 4) is 5.75 Å². The number of hydrogen-bond donors (Lipinski definition) is 1. The van der Waals surface area contributed by atoms with Crippen LogP contribution in [0.4, 0.5) is 11.4 Å². The highest BCUT2D eigenvalue weighted by molar-refractivity contribution is 5.57. The molecule has 1 fully saturated rings. The molecule has 116 valence electrons. The minimum absolute atomic E-state index is 0.00448. The van der Waals surface area contributed by atoms with Crippen molar-refractivity contribution in [1.29, 1.82) is 0 Å². The van der Waals surface area contributed by atoms with Crippen molar-refractivity contribution in [3.63, 3.8) is 0 Å².